The van der Waals surface area contributed by atoms with Gasteiger partial charge in [-0.1, -0.05) is 24.3 Å². The molecule has 172 valence electrons. The second kappa shape index (κ2) is 11.5. The smallest absolute Gasteiger partial charge is 0.247 e. The van der Waals surface area contributed by atoms with Crippen molar-refractivity contribution in [3.05, 3.63) is 78.0 Å². The molecule has 0 spiro atoms. The molecule has 0 saturated carbocycles. The van der Waals surface area contributed by atoms with Crippen molar-refractivity contribution in [2.45, 2.75) is 39.8 Å². The van der Waals surface area contributed by atoms with Crippen LogP contribution in [0.1, 0.15) is 30.4 Å². The summed E-state index contributed by atoms with van der Waals surface area (Å²) in [6, 6.07) is 15.7. The number of nitrogens with zero attached hydrogens (tertiary/aromatic N) is 4. The molecule has 3 aromatic heterocycles. The van der Waals surface area contributed by atoms with Gasteiger partial charge in [0.15, 0.2) is 5.52 Å². The Kier molecular flexibility index (Phi) is 8.00. The van der Waals surface area contributed by atoms with E-state index in [-0.39, 0.29) is 0 Å². The first-order chi connectivity index (χ1) is 16.2. The molecular weight excluding hydrogens is 416 g/mol. The van der Waals surface area contributed by atoms with Crippen LogP contribution in [0.15, 0.2) is 60.9 Å². The fourth-order valence-electron chi connectivity index (χ4n) is 3.67. The zero-order valence-electron chi connectivity index (χ0n) is 19.2. The van der Waals surface area contributed by atoms with Gasteiger partial charge in [0.05, 0.1) is 12.1 Å². The third-order valence-electron chi connectivity index (χ3n) is 5.24. The van der Waals surface area contributed by atoms with Crippen molar-refractivity contribution in [2.75, 3.05) is 19.8 Å². The largest absolute Gasteiger partial charge is 0.437 e. The monoisotopic (exact) mass is 446 g/mol. The number of para-hydroxylation sites is 1. The van der Waals surface area contributed by atoms with E-state index in [9.17, 15) is 0 Å². The van der Waals surface area contributed by atoms with E-state index < -0.39 is 0 Å². The molecule has 0 radical (unpaired) electrons. The molecule has 0 aliphatic heterocycles. The number of fused-ring (bicyclic) bond motifs is 1. The average Bonchev–Trinajstić information content (AvgIpc) is 3.18. The molecule has 0 atom stereocenters. The Morgan fingerprint density at radius 3 is 2.64 bits per heavy atom. The molecule has 0 aliphatic rings. The minimum atomic E-state index is 0.427. The lowest BCUT2D eigenvalue weighted by atomic mass is 10.2. The Balaban J connectivity index is 1.47. The third-order valence-corrected chi connectivity index (χ3v) is 5.24. The molecule has 33 heavy (non-hydrogen) atoms. The third kappa shape index (κ3) is 6.15. The summed E-state index contributed by atoms with van der Waals surface area (Å²) >= 11 is 0. The van der Waals surface area contributed by atoms with E-state index in [0.717, 1.165) is 41.1 Å². The number of hydrogen-bond donors (Lipinski definition) is 0. The summed E-state index contributed by atoms with van der Waals surface area (Å²) in [5.41, 5.74) is 3.81. The summed E-state index contributed by atoms with van der Waals surface area (Å²) in [6.07, 6.45) is 5.62. The summed E-state index contributed by atoms with van der Waals surface area (Å²) in [6.45, 7) is 6.97. The highest BCUT2D eigenvalue weighted by Crippen LogP contribution is 2.29. The van der Waals surface area contributed by atoms with Crippen molar-refractivity contribution in [1.29, 1.82) is 0 Å². The Morgan fingerprint density at radius 2 is 1.85 bits per heavy atom. The Bertz CT molecular complexity index is 1150. The molecule has 7 nitrogen and oxygen atoms in total. The van der Waals surface area contributed by atoms with Gasteiger partial charge in [0.25, 0.3) is 0 Å². The molecule has 0 saturated heterocycles. The summed E-state index contributed by atoms with van der Waals surface area (Å²) < 4.78 is 19.8. The van der Waals surface area contributed by atoms with E-state index in [4.69, 9.17) is 19.2 Å². The fraction of sp³-hybridized carbons (Fsp3) is 0.346. The maximum atomic E-state index is 6.08. The molecule has 7 heteroatoms. The van der Waals surface area contributed by atoms with E-state index in [1.54, 1.807) is 6.20 Å². The van der Waals surface area contributed by atoms with E-state index in [2.05, 4.69) is 20.6 Å². The molecule has 1 aromatic carbocycles. The normalized spacial score (nSPS) is 11.2. The van der Waals surface area contributed by atoms with Crippen molar-refractivity contribution < 1.29 is 14.2 Å². The van der Waals surface area contributed by atoms with Crippen LogP contribution in [0.25, 0.3) is 11.0 Å². The standard InChI is InChI=1S/C26H30N4O3/c1-3-31-19-24-29-25-23(17-20(2)28-26(25)33-22-11-5-4-6-12-22)30(24)14-16-32-15-8-10-21-9-7-13-27-18-21/h4-7,9,11-13,17-18H,3,8,10,14-16,19H2,1-2H3. The van der Waals surface area contributed by atoms with Gasteiger partial charge in [0.2, 0.25) is 5.88 Å². The van der Waals surface area contributed by atoms with Gasteiger partial charge in [-0.3, -0.25) is 4.98 Å². The number of rotatable bonds is 12. The maximum absolute atomic E-state index is 6.08. The predicted molar refractivity (Wildman–Crippen MR) is 127 cm³/mol. The predicted octanol–water partition coefficient (Wildman–Crippen LogP) is 5.11. The summed E-state index contributed by atoms with van der Waals surface area (Å²) in [5.74, 6) is 2.08. The number of imidazole rings is 1. The van der Waals surface area contributed by atoms with Crippen LogP contribution < -0.4 is 4.74 Å². The van der Waals surface area contributed by atoms with Crippen LogP contribution in [0.4, 0.5) is 0 Å². The van der Waals surface area contributed by atoms with Crippen LogP contribution in [0.2, 0.25) is 0 Å². The Hall–Kier alpha value is -3.29. The van der Waals surface area contributed by atoms with Crippen LogP contribution in [0, 0.1) is 6.92 Å². The molecule has 4 rings (SSSR count). The lowest BCUT2D eigenvalue weighted by Gasteiger charge is -2.11. The first-order valence-electron chi connectivity index (χ1n) is 11.4. The molecule has 0 fully saturated rings. The highest BCUT2D eigenvalue weighted by atomic mass is 16.5. The summed E-state index contributed by atoms with van der Waals surface area (Å²) in [4.78, 5) is 13.6. The van der Waals surface area contributed by atoms with Crippen molar-refractivity contribution in [1.82, 2.24) is 19.5 Å². The number of aromatic nitrogens is 4. The highest BCUT2D eigenvalue weighted by molar-refractivity contribution is 5.81. The van der Waals surface area contributed by atoms with Crippen LogP contribution in [0.5, 0.6) is 11.6 Å². The van der Waals surface area contributed by atoms with Crippen molar-refractivity contribution in [3.63, 3.8) is 0 Å². The van der Waals surface area contributed by atoms with Gasteiger partial charge in [-0.05, 0) is 56.5 Å². The van der Waals surface area contributed by atoms with E-state index in [0.29, 0.717) is 38.9 Å². The summed E-state index contributed by atoms with van der Waals surface area (Å²) in [7, 11) is 0. The van der Waals surface area contributed by atoms with Gasteiger partial charge in [-0.15, -0.1) is 0 Å². The quantitative estimate of drug-likeness (QED) is 0.282. The Morgan fingerprint density at radius 1 is 0.970 bits per heavy atom. The van der Waals surface area contributed by atoms with Crippen LogP contribution >= 0.6 is 0 Å². The molecule has 0 aliphatic carbocycles. The molecule has 4 aromatic rings. The highest BCUT2D eigenvalue weighted by Gasteiger charge is 2.17. The lowest BCUT2D eigenvalue weighted by Crippen LogP contribution is -2.11. The molecule has 0 unspecified atom stereocenters. The number of hydrogen-bond acceptors (Lipinski definition) is 6. The van der Waals surface area contributed by atoms with Crippen LogP contribution in [-0.4, -0.2) is 39.3 Å². The van der Waals surface area contributed by atoms with Gasteiger partial charge >= 0.3 is 0 Å². The number of pyridine rings is 2. The van der Waals surface area contributed by atoms with Crippen molar-refractivity contribution in [3.8, 4) is 11.6 Å². The zero-order valence-corrected chi connectivity index (χ0v) is 19.2. The first-order valence-corrected chi connectivity index (χ1v) is 11.4. The second-order valence-corrected chi connectivity index (χ2v) is 7.75. The topological polar surface area (TPSA) is 71.3 Å². The van der Waals surface area contributed by atoms with Crippen LogP contribution in [-0.2, 0) is 29.0 Å². The van der Waals surface area contributed by atoms with Crippen LogP contribution in [0.3, 0.4) is 0 Å². The molecule has 0 amide bonds. The minimum Gasteiger partial charge on any atom is -0.437 e. The van der Waals surface area contributed by atoms with Crippen molar-refractivity contribution in [2.24, 2.45) is 0 Å². The number of aryl methyl sites for hydroxylation is 2. The average molecular weight is 447 g/mol. The lowest BCUT2D eigenvalue weighted by molar-refractivity contribution is 0.112. The molecule has 0 N–H and O–H groups in total. The second-order valence-electron chi connectivity index (χ2n) is 7.75. The summed E-state index contributed by atoms with van der Waals surface area (Å²) in [5, 5.41) is 0. The number of ether oxygens (including phenoxy) is 3. The molecular formula is C26H30N4O3. The van der Waals surface area contributed by atoms with Gasteiger partial charge in [0.1, 0.15) is 18.2 Å². The Labute approximate surface area is 194 Å². The van der Waals surface area contributed by atoms with E-state index >= 15 is 0 Å². The fourth-order valence-corrected chi connectivity index (χ4v) is 3.67. The van der Waals surface area contributed by atoms with Gasteiger partial charge < -0.3 is 18.8 Å². The molecule has 0 bridgehead atoms. The van der Waals surface area contributed by atoms with Gasteiger partial charge in [-0.25, -0.2) is 9.97 Å². The SMILES string of the molecule is CCOCc1nc2c(Oc3ccccc3)nc(C)cc2n1CCOCCCc1cccnc1. The zero-order chi connectivity index (χ0) is 22.9. The van der Waals surface area contributed by atoms with Crippen molar-refractivity contribution >= 4 is 11.0 Å². The van der Waals surface area contributed by atoms with Gasteiger partial charge in [0, 0.05) is 37.8 Å². The first kappa shape index (κ1) is 22.9. The van der Waals surface area contributed by atoms with E-state index in [1.165, 1.54) is 5.56 Å². The van der Waals surface area contributed by atoms with Gasteiger partial charge in [-0.2, -0.15) is 0 Å². The minimum absolute atomic E-state index is 0.427. The molecule has 3 heterocycles. The maximum Gasteiger partial charge on any atom is 0.247 e. The number of benzene rings is 1. The van der Waals surface area contributed by atoms with E-state index in [1.807, 2.05) is 62.5 Å².